The number of nitrogens with one attached hydrogen (secondary N) is 1. The summed E-state index contributed by atoms with van der Waals surface area (Å²) in [5.41, 5.74) is 0.679. The number of rotatable bonds is 8. The molecule has 0 radical (unpaired) electrons. The Kier molecular flexibility index (Phi) is 7.43. The number of ether oxygens (including phenoxy) is 1. The monoisotopic (exact) mass is 433 g/mol. The molecule has 0 aliphatic carbocycles. The van der Waals surface area contributed by atoms with Crippen molar-refractivity contribution in [3.05, 3.63) is 54.6 Å². The summed E-state index contributed by atoms with van der Waals surface area (Å²) in [6.07, 6.45) is -0.697. The fourth-order valence-electron chi connectivity index (χ4n) is 3.27. The van der Waals surface area contributed by atoms with Crippen LogP contribution < -0.4 is 10.1 Å². The molecule has 1 saturated heterocycles. The van der Waals surface area contributed by atoms with E-state index in [4.69, 9.17) is 4.74 Å². The fourth-order valence-corrected chi connectivity index (χ4v) is 4.72. The molecule has 9 heteroatoms. The second-order valence-electron chi connectivity index (χ2n) is 7.19. The second-order valence-corrected chi connectivity index (χ2v) is 9.13. The summed E-state index contributed by atoms with van der Waals surface area (Å²) in [6, 6.07) is 15.3. The molecule has 1 fully saturated rings. The van der Waals surface area contributed by atoms with Gasteiger partial charge >= 0.3 is 0 Å². The maximum atomic E-state index is 12.7. The molecule has 162 valence electrons. The Balaban J connectivity index is 1.43. The summed E-state index contributed by atoms with van der Waals surface area (Å²) >= 11 is 0. The molecule has 3 rings (SSSR count). The molecular weight excluding hydrogens is 406 g/mol. The molecule has 1 atom stereocenters. The highest BCUT2D eigenvalue weighted by Crippen LogP contribution is 2.18. The minimum atomic E-state index is -3.48. The molecule has 0 bridgehead atoms. The number of anilines is 1. The Morgan fingerprint density at radius 2 is 1.70 bits per heavy atom. The van der Waals surface area contributed by atoms with Crippen LogP contribution in [-0.4, -0.2) is 74.1 Å². The molecule has 0 spiro atoms. The molecule has 1 aliphatic heterocycles. The van der Waals surface area contributed by atoms with Crippen LogP contribution in [0.5, 0.6) is 5.75 Å². The van der Waals surface area contributed by atoms with Crippen molar-refractivity contribution < 1.29 is 23.1 Å². The minimum absolute atomic E-state index is 0.127. The molecule has 0 aromatic heterocycles. The SMILES string of the molecule is CC(=O)Nc1ccc(OC[C@H](O)CN2CCN(S(=O)(=O)c3ccccc3)CC2)cc1. The quantitative estimate of drug-likeness (QED) is 0.653. The predicted octanol–water partition coefficient (Wildman–Crippen LogP) is 1.39. The number of hydrogen-bond donors (Lipinski definition) is 2. The van der Waals surface area contributed by atoms with Gasteiger partial charge in [-0.15, -0.1) is 0 Å². The van der Waals surface area contributed by atoms with E-state index in [0.717, 1.165) is 0 Å². The van der Waals surface area contributed by atoms with Crippen molar-refractivity contribution in [3.8, 4) is 5.75 Å². The zero-order valence-electron chi connectivity index (χ0n) is 16.9. The Hall–Kier alpha value is -2.46. The van der Waals surface area contributed by atoms with Gasteiger partial charge in [0.2, 0.25) is 15.9 Å². The van der Waals surface area contributed by atoms with Gasteiger partial charge in [0.15, 0.2) is 0 Å². The number of amides is 1. The molecule has 1 aliphatic rings. The van der Waals surface area contributed by atoms with Crippen LogP contribution in [-0.2, 0) is 14.8 Å². The minimum Gasteiger partial charge on any atom is -0.491 e. The Morgan fingerprint density at radius 3 is 2.30 bits per heavy atom. The summed E-state index contributed by atoms with van der Waals surface area (Å²) in [6.45, 7) is 3.84. The predicted molar refractivity (Wildman–Crippen MR) is 114 cm³/mol. The van der Waals surface area contributed by atoms with Gasteiger partial charge in [0.05, 0.1) is 4.90 Å². The molecule has 1 heterocycles. The van der Waals surface area contributed by atoms with E-state index in [2.05, 4.69) is 5.32 Å². The van der Waals surface area contributed by atoms with Gasteiger partial charge in [0.1, 0.15) is 18.5 Å². The number of carbonyl (C=O) groups excluding carboxylic acids is 1. The van der Waals surface area contributed by atoms with Crippen LogP contribution in [0.3, 0.4) is 0 Å². The highest BCUT2D eigenvalue weighted by molar-refractivity contribution is 7.89. The number of benzene rings is 2. The number of sulfonamides is 1. The molecule has 2 aromatic rings. The third-order valence-electron chi connectivity index (χ3n) is 4.80. The molecule has 2 aromatic carbocycles. The van der Waals surface area contributed by atoms with Crippen LogP contribution >= 0.6 is 0 Å². The third-order valence-corrected chi connectivity index (χ3v) is 6.71. The van der Waals surface area contributed by atoms with Crippen LogP contribution in [0.15, 0.2) is 59.5 Å². The van der Waals surface area contributed by atoms with Crippen molar-refractivity contribution in [3.63, 3.8) is 0 Å². The number of carbonyl (C=O) groups is 1. The smallest absolute Gasteiger partial charge is 0.243 e. The lowest BCUT2D eigenvalue weighted by Gasteiger charge is -2.34. The first-order valence-electron chi connectivity index (χ1n) is 9.80. The maximum Gasteiger partial charge on any atom is 0.243 e. The number of piperazine rings is 1. The maximum absolute atomic E-state index is 12.7. The third kappa shape index (κ3) is 6.02. The molecular formula is C21H27N3O5S. The van der Waals surface area contributed by atoms with Gasteiger partial charge in [0, 0.05) is 45.3 Å². The number of aliphatic hydroxyl groups is 1. The van der Waals surface area contributed by atoms with E-state index < -0.39 is 16.1 Å². The molecule has 1 amide bonds. The summed E-state index contributed by atoms with van der Waals surface area (Å²) in [4.78, 5) is 13.4. The summed E-state index contributed by atoms with van der Waals surface area (Å²) in [5, 5.41) is 13.0. The summed E-state index contributed by atoms with van der Waals surface area (Å²) in [7, 11) is -3.48. The average molecular weight is 434 g/mol. The number of nitrogens with zero attached hydrogens (tertiary/aromatic N) is 2. The van der Waals surface area contributed by atoms with E-state index in [-0.39, 0.29) is 12.5 Å². The van der Waals surface area contributed by atoms with Crippen molar-refractivity contribution in [2.24, 2.45) is 0 Å². The van der Waals surface area contributed by atoms with E-state index in [0.29, 0.717) is 49.1 Å². The van der Waals surface area contributed by atoms with Gasteiger partial charge in [-0.1, -0.05) is 18.2 Å². The van der Waals surface area contributed by atoms with Crippen LogP contribution in [0.1, 0.15) is 6.92 Å². The van der Waals surface area contributed by atoms with E-state index in [1.807, 2.05) is 4.90 Å². The van der Waals surface area contributed by atoms with Crippen molar-refractivity contribution in [2.75, 3.05) is 44.6 Å². The van der Waals surface area contributed by atoms with Crippen molar-refractivity contribution >= 4 is 21.6 Å². The van der Waals surface area contributed by atoms with Crippen LogP contribution in [0.25, 0.3) is 0 Å². The first-order chi connectivity index (χ1) is 14.3. The summed E-state index contributed by atoms with van der Waals surface area (Å²) < 4.78 is 32.4. The molecule has 8 nitrogen and oxygen atoms in total. The number of hydrogen-bond acceptors (Lipinski definition) is 6. The van der Waals surface area contributed by atoms with Crippen LogP contribution in [0.4, 0.5) is 5.69 Å². The first kappa shape index (κ1) is 22.2. The lowest BCUT2D eigenvalue weighted by Crippen LogP contribution is -2.50. The van der Waals surface area contributed by atoms with Crippen molar-refractivity contribution in [1.82, 2.24) is 9.21 Å². The standard InChI is InChI=1S/C21H27N3O5S/c1-17(25)22-18-7-9-20(10-8-18)29-16-19(26)15-23-11-13-24(14-12-23)30(27,28)21-5-3-2-4-6-21/h2-10,19,26H,11-16H2,1H3,(H,22,25)/t19-/m1/s1. The molecule has 30 heavy (non-hydrogen) atoms. The Bertz CT molecular complexity index is 927. The van der Waals surface area contributed by atoms with Gasteiger partial charge in [-0.3, -0.25) is 9.69 Å². The zero-order chi connectivity index (χ0) is 21.6. The Labute approximate surface area is 177 Å². The van der Waals surface area contributed by atoms with E-state index in [9.17, 15) is 18.3 Å². The van der Waals surface area contributed by atoms with Crippen molar-refractivity contribution in [1.29, 1.82) is 0 Å². The number of β-amino-alcohol motifs (C(OH)–C–C–N with tert-alkyl or cyclic N) is 1. The largest absolute Gasteiger partial charge is 0.491 e. The first-order valence-corrected chi connectivity index (χ1v) is 11.2. The topological polar surface area (TPSA) is 99.2 Å². The van der Waals surface area contributed by atoms with Gasteiger partial charge in [-0.25, -0.2) is 8.42 Å². The highest BCUT2D eigenvalue weighted by atomic mass is 32.2. The normalized spacial score (nSPS) is 16.7. The van der Waals surface area contributed by atoms with Gasteiger partial charge in [-0.05, 0) is 36.4 Å². The van der Waals surface area contributed by atoms with E-state index >= 15 is 0 Å². The second kappa shape index (κ2) is 10.0. The van der Waals surface area contributed by atoms with Gasteiger partial charge in [0.25, 0.3) is 0 Å². The van der Waals surface area contributed by atoms with E-state index in [1.54, 1.807) is 54.6 Å². The molecule has 0 unspecified atom stereocenters. The number of aliphatic hydroxyl groups excluding tert-OH is 1. The molecule has 0 saturated carbocycles. The zero-order valence-corrected chi connectivity index (χ0v) is 17.7. The fraction of sp³-hybridized carbons (Fsp3) is 0.381. The lowest BCUT2D eigenvalue weighted by molar-refractivity contribution is -0.114. The van der Waals surface area contributed by atoms with E-state index in [1.165, 1.54) is 11.2 Å². The summed E-state index contributed by atoms with van der Waals surface area (Å²) in [5.74, 6) is 0.456. The molecule has 2 N–H and O–H groups in total. The van der Waals surface area contributed by atoms with Crippen LogP contribution in [0, 0.1) is 0 Å². The van der Waals surface area contributed by atoms with Crippen LogP contribution in [0.2, 0.25) is 0 Å². The van der Waals surface area contributed by atoms with Crippen molar-refractivity contribution in [2.45, 2.75) is 17.9 Å². The van der Waals surface area contributed by atoms with Gasteiger partial charge in [-0.2, -0.15) is 4.31 Å². The highest BCUT2D eigenvalue weighted by Gasteiger charge is 2.28. The van der Waals surface area contributed by atoms with Gasteiger partial charge < -0.3 is 15.2 Å². The lowest BCUT2D eigenvalue weighted by atomic mass is 10.3. The Morgan fingerprint density at radius 1 is 1.07 bits per heavy atom. The average Bonchev–Trinajstić information content (AvgIpc) is 2.74.